The van der Waals surface area contributed by atoms with Crippen LogP contribution in [0.3, 0.4) is 0 Å². The Morgan fingerprint density at radius 2 is 1.81 bits per heavy atom. The molecule has 1 aliphatic heterocycles. The zero-order valence-electron chi connectivity index (χ0n) is 23.1. The van der Waals surface area contributed by atoms with Crippen LogP contribution >= 0.6 is 0 Å². The van der Waals surface area contributed by atoms with Gasteiger partial charge >= 0.3 is 6.09 Å². The third-order valence-corrected chi connectivity index (χ3v) is 7.26. The van der Waals surface area contributed by atoms with Crippen LogP contribution in [0.15, 0.2) is 24.5 Å². The van der Waals surface area contributed by atoms with Crippen LogP contribution in [0, 0.1) is 5.41 Å². The number of nitrogens with one attached hydrogen (secondary N) is 1. The first-order chi connectivity index (χ1) is 17.5. The van der Waals surface area contributed by atoms with Crippen LogP contribution < -0.4 is 14.2 Å². The zero-order chi connectivity index (χ0) is 27.0. The van der Waals surface area contributed by atoms with Gasteiger partial charge in [0.1, 0.15) is 11.1 Å². The van der Waals surface area contributed by atoms with Gasteiger partial charge in [0, 0.05) is 30.4 Å². The summed E-state index contributed by atoms with van der Waals surface area (Å²) >= 11 is 0. The molecule has 0 aliphatic carbocycles. The van der Waals surface area contributed by atoms with Gasteiger partial charge in [-0.1, -0.05) is 13.8 Å². The van der Waals surface area contributed by atoms with Crippen LogP contribution in [0.5, 0.6) is 17.2 Å². The molecule has 1 fully saturated rings. The summed E-state index contributed by atoms with van der Waals surface area (Å²) < 4.78 is 22.2. The van der Waals surface area contributed by atoms with E-state index in [0.29, 0.717) is 36.0 Å². The van der Waals surface area contributed by atoms with Gasteiger partial charge in [-0.25, -0.2) is 14.8 Å². The lowest BCUT2D eigenvalue weighted by Crippen LogP contribution is -2.48. The quantitative estimate of drug-likeness (QED) is 0.448. The Morgan fingerprint density at radius 3 is 2.41 bits per heavy atom. The molecule has 200 valence electrons. The minimum Gasteiger partial charge on any atom is -0.493 e. The molecule has 3 aromatic rings. The summed E-state index contributed by atoms with van der Waals surface area (Å²) in [7, 11) is 4.76. The maximum Gasteiger partial charge on any atom is 0.410 e. The first-order valence-corrected chi connectivity index (χ1v) is 12.6. The highest BCUT2D eigenvalue weighted by Crippen LogP contribution is 2.45. The van der Waals surface area contributed by atoms with E-state index in [9.17, 15) is 4.79 Å². The van der Waals surface area contributed by atoms with Gasteiger partial charge in [0.25, 0.3) is 0 Å². The predicted molar refractivity (Wildman–Crippen MR) is 143 cm³/mol. The Balaban J connectivity index is 1.68. The van der Waals surface area contributed by atoms with E-state index in [4.69, 9.17) is 23.9 Å². The van der Waals surface area contributed by atoms with Crippen molar-refractivity contribution in [2.45, 2.75) is 59.0 Å². The van der Waals surface area contributed by atoms with Gasteiger partial charge in [-0.2, -0.15) is 0 Å². The maximum atomic E-state index is 12.8. The second-order valence-electron chi connectivity index (χ2n) is 11.0. The van der Waals surface area contributed by atoms with Crippen molar-refractivity contribution < 1.29 is 23.7 Å². The standard InChI is InChI=1S/C28H38N4O5/c1-17(28(5)10-9-11-32(16-28)26(33)37-27(2,3)4)19-14-29-25-23(19)31-20(15-30-25)18-12-21(34-6)24(36-8)22(13-18)35-7/h12-15,17H,9-11,16H2,1-8H3,(H,29,30). The Morgan fingerprint density at radius 1 is 1.14 bits per heavy atom. The van der Waals surface area contributed by atoms with Crippen molar-refractivity contribution in [3.63, 3.8) is 0 Å². The largest absolute Gasteiger partial charge is 0.493 e. The second-order valence-corrected chi connectivity index (χ2v) is 11.0. The fourth-order valence-corrected chi connectivity index (χ4v) is 5.09. The number of methoxy groups -OCH3 is 3. The van der Waals surface area contributed by atoms with E-state index in [0.717, 1.165) is 35.1 Å². The molecule has 2 unspecified atom stereocenters. The van der Waals surface area contributed by atoms with Gasteiger partial charge in [-0.15, -0.1) is 0 Å². The molecule has 4 rings (SSSR count). The minimum atomic E-state index is -0.522. The zero-order valence-corrected chi connectivity index (χ0v) is 23.1. The number of carbonyl (C=O) groups excluding carboxylic acids is 1. The van der Waals surface area contributed by atoms with Crippen molar-refractivity contribution >= 4 is 17.3 Å². The summed E-state index contributed by atoms with van der Waals surface area (Å²) in [5, 5.41) is 0. The maximum absolute atomic E-state index is 12.8. The number of fused-ring (bicyclic) bond motifs is 1. The summed E-state index contributed by atoms with van der Waals surface area (Å²) in [6, 6.07) is 3.74. The van der Waals surface area contributed by atoms with Crippen LogP contribution in [0.1, 0.15) is 58.9 Å². The van der Waals surface area contributed by atoms with Crippen LogP contribution in [0.2, 0.25) is 0 Å². The molecule has 0 bridgehead atoms. The first kappa shape index (κ1) is 26.6. The van der Waals surface area contributed by atoms with E-state index in [1.165, 1.54) is 0 Å². The summed E-state index contributed by atoms with van der Waals surface area (Å²) in [5.41, 5.74) is 3.45. The summed E-state index contributed by atoms with van der Waals surface area (Å²) in [4.78, 5) is 27.6. The van der Waals surface area contributed by atoms with Crippen LogP contribution in [0.4, 0.5) is 4.79 Å². The number of rotatable bonds is 6. The Hall–Kier alpha value is -3.49. The molecular formula is C28H38N4O5. The minimum absolute atomic E-state index is 0.121. The third-order valence-electron chi connectivity index (χ3n) is 7.26. The molecule has 9 heteroatoms. The molecule has 2 aromatic heterocycles. The number of piperidine rings is 1. The number of aromatic nitrogens is 3. The second kappa shape index (κ2) is 10.1. The smallest absolute Gasteiger partial charge is 0.410 e. The number of amides is 1. The van der Waals surface area contributed by atoms with E-state index >= 15 is 0 Å². The third kappa shape index (κ3) is 5.31. The average Bonchev–Trinajstić information content (AvgIpc) is 3.29. The van der Waals surface area contributed by atoms with E-state index < -0.39 is 5.60 Å². The molecule has 37 heavy (non-hydrogen) atoms. The average molecular weight is 511 g/mol. The normalized spacial score (nSPS) is 19.0. The number of H-pyrrole nitrogens is 1. The van der Waals surface area contributed by atoms with Crippen LogP contribution in [-0.4, -0.2) is 66.0 Å². The number of nitrogens with zero attached hydrogens (tertiary/aromatic N) is 3. The van der Waals surface area contributed by atoms with E-state index in [1.807, 2.05) is 44.0 Å². The van der Waals surface area contributed by atoms with Gasteiger partial charge in [-0.3, -0.25) is 0 Å². The highest BCUT2D eigenvalue weighted by atomic mass is 16.6. The molecule has 2 atom stereocenters. The van der Waals surface area contributed by atoms with E-state index in [1.54, 1.807) is 27.5 Å². The van der Waals surface area contributed by atoms with Crippen molar-refractivity contribution in [3.05, 3.63) is 30.1 Å². The molecular weight excluding hydrogens is 472 g/mol. The molecule has 3 heterocycles. The van der Waals surface area contributed by atoms with Gasteiger partial charge in [-0.05, 0) is 57.1 Å². The van der Waals surface area contributed by atoms with Gasteiger partial charge in [0.2, 0.25) is 5.75 Å². The Labute approximate surface area is 218 Å². The summed E-state index contributed by atoms with van der Waals surface area (Å²) in [6.07, 6.45) is 5.39. The van der Waals surface area contributed by atoms with Crippen molar-refractivity contribution in [2.75, 3.05) is 34.4 Å². The topological polar surface area (TPSA) is 98.8 Å². The molecule has 0 spiro atoms. The Bertz CT molecular complexity index is 1260. The number of benzene rings is 1. The molecule has 0 radical (unpaired) electrons. The Kier molecular flexibility index (Phi) is 7.26. The summed E-state index contributed by atoms with van der Waals surface area (Å²) in [5.74, 6) is 1.76. The molecule has 0 saturated carbocycles. The molecule has 1 aliphatic rings. The highest BCUT2D eigenvalue weighted by molar-refractivity contribution is 5.79. The molecule has 1 amide bonds. The molecule has 1 saturated heterocycles. The van der Waals surface area contributed by atoms with Gasteiger partial charge in [0.05, 0.1) is 33.2 Å². The van der Waals surface area contributed by atoms with Crippen molar-refractivity contribution in [2.24, 2.45) is 5.41 Å². The SMILES string of the molecule is COc1cc(-c2cnc3[nH]cc(C(C)C4(C)CCCN(C(=O)OC(C)(C)C)C4)c3n2)cc(OC)c1OC. The number of ether oxygens (including phenoxy) is 4. The highest BCUT2D eigenvalue weighted by Gasteiger charge is 2.40. The molecule has 9 nitrogen and oxygen atoms in total. The number of aromatic amines is 1. The fraction of sp³-hybridized carbons (Fsp3) is 0.536. The van der Waals surface area contributed by atoms with Crippen molar-refractivity contribution in [1.29, 1.82) is 0 Å². The number of hydrogen-bond donors (Lipinski definition) is 1. The molecule has 1 aromatic carbocycles. The monoisotopic (exact) mass is 510 g/mol. The lowest BCUT2D eigenvalue weighted by molar-refractivity contribution is 0.00331. The van der Waals surface area contributed by atoms with Crippen LogP contribution in [0.25, 0.3) is 22.4 Å². The van der Waals surface area contributed by atoms with Gasteiger partial charge < -0.3 is 28.8 Å². The van der Waals surface area contributed by atoms with Crippen LogP contribution in [-0.2, 0) is 4.74 Å². The summed E-state index contributed by atoms with van der Waals surface area (Å²) in [6.45, 7) is 11.5. The fourth-order valence-electron chi connectivity index (χ4n) is 5.09. The van der Waals surface area contributed by atoms with Crippen molar-refractivity contribution in [1.82, 2.24) is 19.9 Å². The van der Waals surface area contributed by atoms with E-state index in [2.05, 4.69) is 23.8 Å². The first-order valence-electron chi connectivity index (χ1n) is 12.6. The molecule has 1 N–H and O–H groups in total. The number of carbonyl (C=O) groups is 1. The predicted octanol–water partition coefficient (Wildman–Crippen LogP) is 5.79. The van der Waals surface area contributed by atoms with Crippen molar-refractivity contribution in [3.8, 4) is 28.5 Å². The number of hydrogen-bond acceptors (Lipinski definition) is 7. The number of likely N-dealkylation sites (tertiary alicyclic amines) is 1. The lowest BCUT2D eigenvalue weighted by Gasteiger charge is -2.44. The van der Waals surface area contributed by atoms with Gasteiger partial charge in [0.15, 0.2) is 17.1 Å². The lowest BCUT2D eigenvalue weighted by atomic mass is 9.70. The van der Waals surface area contributed by atoms with E-state index in [-0.39, 0.29) is 17.4 Å².